The van der Waals surface area contributed by atoms with E-state index in [-0.39, 0.29) is 52.7 Å². The van der Waals surface area contributed by atoms with Crippen molar-refractivity contribution >= 4 is 41.0 Å². The van der Waals surface area contributed by atoms with Crippen LogP contribution in [0.3, 0.4) is 0 Å². The van der Waals surface area contributed by atoms with Gasteiger partial charge in [-0.25, -0.2) is 22.8 Å². The highest BCUT2D eigenvalue weighted by atomic mass is 35.5. The van der Waals surface area contributed by atoms with Crippen molar-refractivity contribution in [2.45, 2.75) is 45.1 Å². The highest BCUT2D eigenvalue weighted by Crippen LogP contribution is 2.26. The van der Waals surface area contributed by atoms with Crippen LogP contribution in [0.4, 0.5) is 23.7 Å². The van der Waals surface area contributed by atoms with Crippen molar-refractivity contribution in [2.75, 3.05) is 5.73 Å². The van der Waals surface area contributed by atoms with Crippen LogP contribution >= 0.6 is 11.6 Å². The van der Waals surface area contributed by atoms with Gasteiger partial charge in [0.15, 0.2) is 11.6 Å². The Morgan fingerprint density at radius 2 is 1.89 bits per heavy atom. The summed E-state index contributed by atoms with van der Waals surface area (Å²) in [5.74, 6) is -5.47. The SMILES string of the molecule is CCC[C@@H](NC(=O)N1NC(=NOc2cc(F)cc(F)c2)CC[C@H](Cc2cc(Cl)ccc2F)C1=O)c1ccc(C(=O)O)c(N)c1. The molecule has 1 fully saturated rings. The summed E-state index contributed by atoms with van der Waals surface area (Å²) < 4.78 is 41.9. The normalized spacial score (nSPS) is 16.7. The molecule has 0 unspecified atom stereocenters. The van der Waals surface area contributed by atoms with Crippen LogP contribution in [-0.4, -0.2) is 33.9 Å². The fraction of sp³-hybridized carbons (Fsp3) is 0.267. The van der Waals surface area contributed by atoms with Gasteiger partial charge in [-0.3, -0.25) is 10.2 Å². The number of carbonyl (C=O) groups is 3. The molecular formula is C30H29ClF3N5O5. The quantitative estimate of drug-likeness (QED) is 0.168. The lowest BCUT2D eigenvalue weighted by Gasteiger charge is -2.27. The summed E-state index contributed by atoms with van der Waals surface area (Å²) in [4.78, 5) is 43.9. The van der Waals surface area contributed by atoms with Gasteiger partial charge in [0.05, 0.1) is 11.6 Å². The van der Waals surface area contributed by atoms with Gasteiger partial charge in [-0.05, 0) is 60.7 Å². The monoisotopic (exact) mass is 631 g/mol. The minimum Gasteiger partial charge on any atom is -0.478 e. The van der Waals surface area contributed by atoms with Gasteiger partial charge >= 0.3 is 12.0 Å². The highest BCUT2D eigenvalue weighted by molar-refractivity contribution is 6.30. The topological polar surface area (TPSA) is 146 Å². The number of rotatable bonds is 9. The molecule has 0 bridgehead atoms. The van der Waals surface area contributed by atoms with Crippen molar-refractivity contribution in [3.63, 3.8) is 0 Å². The van der Waals surface area contributed by atoms with Crippen molar-refractivity contribution in [2.24, 2.45) is 11.1 Å². The number of nitrogen functional groups attached to an aromatic ring is 1. The number of carboxylic acids is 1. The molecule has 5 N–H and O–H groups in total. The molecule has 3 amide bonds. The third-order valence-electron chi connectivity index (χ3n) is 6.90. The molecule has 1 aliphatic heterocycles. The molecule has 44 heavy (non-hydrogen) atoms. The number of oxime groups is 1. The summed E-state index contributed by atoms with van der Waals surface area (Å²) in [5, 5.41) is 16.9. The minimum absolute atomic E-state index is 0.00158. The average Bonchev–Trinajstić information content (AvgIpc) is 3.11. The molecule has 2 atom stereocenters. The Kier molecular flexibility index (Phi) is 10.3. The maximum atomic E-state index is 14.6. The number of carbonyl (C=O) groups excluding carboxylic acids is 2. The first-order valence-corrected chi connectivity index (χ1v) is 14.0. The minimum atomic E-state index is -1.21. The van der Waals surface area contributed by atoms with Crippen molar-refractivity contribution in [1.82, 2.24) is 15.8 Å². The summed E-state index contributed by atoms with van der Waals surface area (Å²) in [6.45, 7) is 1.87. The second kappa shape index (κ2) is 14.1. The van der Waals surface area contributed by atoms with Gasteiger partial charge in [0, 0.05) is 41.2 Å². The van der Waals surface area contributed by atoms with Crippen molar-refractivity contribution in [1.29, 1.82) is 0 Å². The number of hydrazine groups is 1. The number of aromatic carboxylic acids is 1. The number of hydrogen-bond donors (Lipinski definition) is 4. The van der Waals surface area contributed by atoms with Crippen LogP contribution in [-0.2, 0) is 11.2 Å². The molecule has 232 valence electrons. The van der Waals surface area contributed by atoms with Crippen LogP contribution < -0.4 is 21.3 Å². The summed E-state index contributed by atoms with van der Waals surface area (Å²) in [5.41, 5.74) is 9.12. The van der Waals surface area contributed by atoms with Gasteiger partial charge < -0.3 is 21.0 Å². The molecule has 1 aliphatic rings. The maximum absolute atomic E-state index is 14.6. The molecule has 10 nitrogen and oxygen atoms in total. The molecule has 4 rings (SSSR count). The lowest BCUT2D eigenvalue weighted by atomic mass is 9.93. The Hall–Kier alpha value is -4.78. The summed E-state index contributed by atoms with van der Waals surface area (Å²) >= 11 is 6.04. The molecule has 14 heteroatoms. The zero-order valence-electron chi connectivity index (χ0n) is 23.5. The van der Waals surface area contributed by atoms with Crippen LogP contribution in [0.15, 0.2) is 59.8 Å². The zero-order chi connectivity index (χ0) is 32.0. The van der Waals surface area contributed by atoms with E-state index in [1.165, 1.54) is 36.4 Å². The number of amidine groups is 1. The van der Waals surface area contributed by atoms with Gasteiger partial charge in [0.1, 0.15) is 17.5 Å². The summed E-state index contributed by atoms with van der Waals surface area (Å²) in [7, 11) is 0. The number of amides is 3. The van der Waals surface area contributed by atoms with Crippen LogP contribution in [0.2, 0.25) is 5.02 Å². The number of nitrogens with zero attached hydrogens (tertiary/aromatic N) is 2. The first kappa shape index (κ1) is 32.1. The summed E-state index contributed by atoms with van der Waals surface area (Å²) in [6.07, 6.45) is 1.07. The van der Waals surface area contributed by atoms with E-state index in [1.54, 1.807) is 0 Å². The van der Waals surface area contributed by atoms with E-state index in [4.69, 9.17) is 22.2 Å². The summed E-state index contributed by atoms with van der Waals surface area (Å²) in [6, 6.07) is 9.12. The fourth-order valence-corrected chi connectivity index (χ4v) is 4.93. The number of benzene rings is 3. The molecule has 0 saturated carbocycles. The second-order valence-electron chi connectivity index (χ2n) is 10.1. The van der Waals surface area contributed by atoms with E-state index >= 15 is 0 Å². The standard InChI is InChI=1S/C30H29ClF3N5O5/c1-2-3-26(16-4-7-23(29(41)42)25(35)12-16)36-30(43)39-28(40)17(10-18-11-19(31)6-8-24(18)34)5-9-27(37-39)38-44-22-14-20(32)13-21(33)15-22/h4,6-8,11-15,17,26H,2-3,5,9-10,35H2,1H3,(H,36,43)(H,37,38)(H,41,42)/t17-,26-/m1/s1. The Balaban J connectivity index is 1.63. The molecule has 0 aliphatic carbocycles. The number of anilines is 1. The Morgan fingerprint density at radius 1 is 1.16 bits per heavy atom. The Morgan fingerprint density at radius 3 is 2.55 bits per heavy atom. The van der Waals surface area contributed by atoms with E-state index < -0.39 is 47.3 Å². The Bertz CT molecular complexity index is 1580. The van der Waals surface area contributed by atoms with E-state index in [9.17, 15) is 32.7 Å². The number of hydrogen-bond acceptors (Lipinski definition) is 6. The van der Waals surface area contributed by atoms with Gasteiger partial charge in [-0.15, -0.1) is 0 Å². The highest BCUT2D eigenvalue weighted by Gasteiger charge is 2.35. The zero-order valence-corrected chi connectivity index (χ0v) is 24.2. The molecule has 0 spiro atoms. The van der Waals surface area contributed by atoms with Gasteiger partial charge in [-0.1, -0.05) is 36.2 Å². The lowest BCUT2D eigenvalue weighted by molar-refractivity contribution is -0.133. The number of nitrogens with one attached hydrogen (secondary N) is 2. The first-order valence-electron chi connectivity index (χ1n) is 13.6. The van der Waals surface area contributed by atoms with Crippen LogP contribution in [0.5, 0.6) is 5.75 Å². The van der Waals surface area contributed by atoms with Crippen molar-refractivity contribution in [3.8, 4) is 5.75 Å². The average molecular weight is 632 g/mol. The van der Waals surface area contributed by atoms with Gasteiger partial charge in [0.25, 0.3) is 5.91 Å². The first-order chi connectivity index (χ1) is 20.9. The molecule has 0 radical (unpaired) electrons. The molecular weight excluding hydrogens is 603 g/mol. The van der Waals surface area contributed by atoms with Gasteiger partial charge in [0.2, 0.25) is 0 Å². The molecule has 1 heterocycles. The number of carboxylic acid groups (broad SMARTS) is 1. The van der Waals surface area contributed by atoms with E-state index in [1.807, 2.05) is 6.92 Å². The predicted molar refractivity (Wildman–Crippen MR) is 156 cm³/mol. The number of nitrogens with two attached hydrogens (primary N) is 1. The van der Waals surface area contributed by atoms with Crippen LogP contribution in [0.25, 0.3) is 0 Å². The van der Waals surface area contributed by atoms with Crippen LogP contribution in [0.1, 0.15) is 60.1 Å². The van der Waals surface area contributed by atoms with Crippen molar-refractivity contribution in [3.05, 3.63) is 93.8 Å². The van der Waals surface area contributed by atoms with E-state index in [0.29, 0.717) is 29.5 Å². The Labute approximate surface area is 255 Å². The largest absolute Gasteiger partial charge is 0.478 e. The second-order valence-corrected chi connectivity index (χ2v) is 10.6. The molecule has 3 aromatic rings. The van der Waals surface area contributed by atoms with Gasteiger partial charge in [-0.2, -0.15) is 5.01 Å². The number of imide groups is 1. The molecule has 0 aromatic heterocycles. The third-order valence-corrected chi connectivity index (χ3v) is 7.13. The van der Waals surface area contributed by atoms with E-state index in [0.717, 1.165) is 12.1 Å². The molecule has 3 aromatic carbocycles. The number of halogens is 4. The van der Waals surface area contributed by atoms with E-state index in [2.05, 4.69) is 15.9 Å². The van der Waals surface area contributed by atoms with Crippen molar-refractivity contribution < 1.29 is 37.5 Å². The number of urea groups is 1. The maximum Gasteiger partial charge on any atom is 0.343 e. The third kappa shape index (κ3) is 7.98. The molecule has 1 saturated heterocycles. The lowest BCUT2D eigenvalue weighted by Crippen LogP contribution is -2.54. The van der Waals surface area contributed by atoms with Crippen LogP contribution in [0, 0.1) is 23.4 Å². The predicted octanol–water partition coefficient (Wildman–Crippen LogP) is 5.97. The fourth-order valence-electron chi connectivity index (χ4n) is 4.73. The smallest absolute Gasteiger partial charge is 0.343 e.